The number of dihydropyridines is 1. The number of aliphatic carboxylic acids is 1. The van der Waals surface area contributed by atoms with Crippen LogP contribution in [0.25, 0.3) is 0 Å². The van der Waals surface area contributed by atoms with Crippen molar-refractivity contribution in [3.8, 4) is 0 Å². The summed E-state index contributed by atoms with van der Waals surface area (Å²) < 4.78 is 28.7. The number of fused-ring (bicyclic) bond motifs is 1. The second-order valence-corrected chi connectivity index (χ2v) is 9.11. The Labute approximate surface area is 193 Å². The highest BCUT2D eigenvalue weighted by Crippen LogP contribution is 2.44. The minimum Gasteiger partial charge on any atom is -0.478 e. The molecule has 8 nitrogen and oxygen atoms in total. The predicted octanol–water partition coefficient (Wildman–Crippen LogP) is 1.84. The number of ketones is 2. The summed E-state index contributed by atoms with van der Waals surface area (Å²) in [7, 11) is 0. The summed E-state index contributed by atoms with van der Waals surface area (Å²) in [5.74, 6) is -3.34. The van der Waals surface area contributed by atoms with Crippen molar-refractivity contribution in [1.82, 2.24) is 10.2 Å². The molecule has 1 aliphatic carbocycles. The highest BCUT2D eigenvalue weighted by atomic mass is 19.1. The van der Waals surface area contributed by atoms with Gasteiger partial charge in [0.25, 0.3) is 0 Å². The minimum atomic E-state index is -1.24. The lowest BCUT2D eigenvalue weighted by Gasteiger charge is -2.41. The summed E-state index contributed by atoms with van der Waals surface area (Å²) in [6.07, 6.45) is 2.33. The Balaban J connectivity index is 1.47. The molecular weight excluding hydrogens is 448 g/mol. The maximum Gasteiger partial charge on any atom is 0.333 e. The monoisotopic (exact) mass is 471 g/mol. The van der Waals surface area contributed by atoms with Crippen LogP contribution in [0.15, 0.2) is 59.3 Å². The smallest absolute Gasteiger partial charge is 0.333 e. The molecule has 34 heavy (non-hydrogen) atoms. The third-order valence-electron chi connectivity index (χ3n) is 7.14. The average Bonchev–Trinajstić information content (AvgIpc) is 3.36. The van der Waals surface area contributed by atoms with E-state index in [0.717, 1.165) is 0 Å². The first kappa shape index (κ1) is 22.3. The lowest BCUT2D eigenvalue weighted by Crippen LogP contribution is -2.51. The van der Waals surface area contributed by atoms with Gasteiger partial charge in [-0.25, -0.2) is 13.6 Å². The van der Waals surface area contributed by atoms with Gasteiger partial charge in [-0.3, -0.25) is 9.59 Å². The Morgan fingerprint density at radius 2 is 1.94 bits per heavy atom. The molecule has 3 N–H and O–H groups in total. The molecule has 0 aromatic heterocycles. The fourth-order valence-corrected chi connectivity index (χ4v) is 5.33. The van der Waals surface area contributed by atoms with Crippen LogP contribution in [0.4, 0.5) is 14.5 Å². The number of hydrogen-bond acceptors (Lipinski definition) is 7. The van der Waals surface area contributed by atoms with E-state index in [0.29, 0.717) is 11.3 Å². The van der Waals surface area contributed by atoms with Gasteiger partial charge in [0.2, 0.25) is 0 Å². The number of halogens is 2. The number of nitrogens with zero attached hydrogens (tertiary/aromatic N) is 2. The van der Waals surface area contributed by atoms with Crippen molar-refractivity contribution in [1.29, 1.82) is 0 Å². The zero-order chi connectivity index (χ0) is 24.2. The number of hydrogen-bond donors (Lipinski definition) is 3. The molecule has 5 rings (SSSR count). The predicted molar refractivity (Wildman–Crippen MR) is 116 cm³/mol. The van der Waals surface area contributed by atoms with Crippen LogP contribution in [0, 0.1) is 17.2 Å². The number of anilines is 1. The first-order valence-electron chi connectivity index (χ1n) is 11.0. The fourth-order valence-electron chi connectivity index (χ4n) is 5.33. The summed E-state index contributed by atoms with van der Waals surface area (Å²) in [6.45, 7) is -0.103. The number of aliphatic hydroxyl groups is 1. The molecule has 2 fully saturated rings. The van der Waals surface area contributed by atoms with Crippen LogP contribution in [-0.2, 0) is 14.4 Å². The molecule has 0 amide bonds. The Hall–Kier alpha value is -3.53. The molecule has 1 spiro atoms. The molecule has 1 saturated carbocycles. The summed E-state index contributed by atoms with van der Waals surface area (Å²) in [5.41, 5.74) is -0.198. The number of likely N-dealkylation sites (tertiary alicyclic amines) is 1. The number of nitrogens with one attached hydrogen (secondary N) is 1. The molecule has 1 aromatic rings. The van der Waals surface area contributed by atoms with E-state index in [1.165, 1.54) is 36.5 Å². The zero-order valence-electron chi connectivity index (χ0n) is 18.1. The third-order valence-corrected chi connectivity index (χ3v) is 7.14. The Morgan fingerprint density at radius 3 is 2.59 bits per heavy atom. The molecule has 10 heteroatoms. The molecule has 3 unspecified atom stereocenters. The van der Waals surface area contributed by atoms with Crippen LogP contribution >= 0.6 is 0 Å². The minimum absolute atomic E-state index is 0.00802. The van der Waals surface area contributed by atoms with E-state index in [-0.39, 0.29) is 61.9 Å². The SMILES string of the molecule is O=C(O)C1=CN(c2ccc(F)cc2)C2NC(N3CCC4(C3)C(=O)CC(CO)C4=O)=C(F)C=C2C1. The number of Topliss-reactive ketones (excluding diaryl/α,β-unsaturated/α-hetero) is 2. The van der Waals surface area contributed by atoms with Crippen molar-refractivity contribution >= 4 is 23.2 Å². The second kappa shape index (κ2) is 8.05. The van der Waals surface area contributed by atoms with E-state index in [1.54, 1.807) is 9.80 Å². The van der Waals surface area contributed by atoms with Gasteiger partial charge in [0.15, 0.2) is 11.6 Å². The van der Waals surface area contributed by atoms with Crippen molar-refractivity contribution in [2.45, 2.75) is 25.4 Å². The number of carbonyl (C=O) groups is 3. The maximum atomic E-state index is 15.2. The van der Waals surface area contributed by atoms with Crippen molar-refractivity contribution in [2.75, 3.05) is 24.6 Å². The van der Waals surface area contributed by atoms with Gasteiger partial charge in [0.05, 0.1) is 12.2 Å². The van der Waals surface area contributed by atoms with E-state index < -0.39 is 35.1 Å². The Morgan fingerprint density at radius 1 is 1.21 bits per heavy atom. The number of allylic oxidation sites excluding steroid dienone is 2. The Kier molecular flexibility index (Phi) is 5.27. The summed E-state index contributed by atoms with van der Waals surface area (Å²) >= 11 is 0. The Bertz CT molecular complexity index is 1180. The average molecular weight is 471 g/mol. The van der Waals surface area contributed by atoms with Gasteiger partial charge in [-0.1, -0.05) is 0 Å². The van der Waals surface area contributed by atoms with Gasteiger partial charge in [-0.2, -0.15) is 0 Å². The molecule has 1 saturated heterocycles. The van der Waals surface area contributed by atoms with E-state index in [2.05, 4.69) is 5.32 Å². The number of carboxylic acids is 1. The van der Waals surface area contributed by atoms with E-state index in [9.17, 15) is 29.0 Å². The molecule has 3 aliphatic heterocycles. The fraction of sp³-hybridized carbons (Fsp3) is 0.375. The quantitative estimate of drug-likeness (QED) is 0.571. The highest BCUT2D eigenvalue weighted by molar-refractivity contribution is 6.14. The normalized spacial score (nSPS) is 28.8. The van der Waals surface area contributed by atoms with Gasteiger partial charge < -0.3 is 25.3 Å². The van der Waals surface area contributed by atoms with Crippen LogP contribution < -0.4 is 10.2 Å². The zero-order valence-corrected chi connectivity index (χ0v) is 18.1. The van der Waals surface area contributed by atoms with Gasteiger partial charge in [0.1, 0.15) is 29.0 Å². The number of carbonyl (C=O) groups excluding carboxylic acids is 2. The largest absolute Gasteiger partial charge is 0.478 e. The second-order valence-electron chi connectivity index (χ2n) is 9.11. The van der Waals surface area contributed by atoms with Crippen molar-refractivity contribution in [3.63, 3.8) is 0 Å². The summed E-state index contributed by atoms with van der Waals surface area (Å²) in [6, 6.07) is 5.50. The summed E-state index contributed by atoms with van der Waals surface area (Å²) in [4.78, 5) is 40.4. The lowest BCUT2D eigenvalue weighted by atomic mass is 9.82. The van der Waals surface area contributed by atoms with Gasteiger partial charge >= 0.3 is 5.97 Å². The van der Waals surface area contributed by atoms with Crippen molar-refractivity contribution < 1.29 is 33.4 Å². The van der Waals surface area contributed by atoms with Gasteiger partial charge in [0, 0.05) is 43.7 Å². The molecule has 1 aromatic carbocycles. The molecule has 178 valence electrons. The first-order chi connectivity index (χ1) is 16.2. The van der Waals surface area contributed by atoms with E-state index in [4.69, 9.17) is 0 Å². The number of aliphatic hydroxyl groups excluding tert-OH is 1. The van der Waals surface area contributed by atoms with Crippen molar-refractivity contribution in [3.05, 3.63) is 65.2 Å². The van der Waals surface area contributed by atoms with Gasteiger partial charge in [-0.05, 0) is 42.3 Å². The van der Waals surface area contributed by atoms with E-state index in [1.807, 2.05) is 0 Å². The maximum absolute atomic E-state index is 15.2. The molecule has 0 radical (unpaired) electrons. The van der Waals surface area contributed by atoms with Crippen LogP contribution in [0.1, 0.15) is 19.3 Å². The van der Waals surface area contributed by atoms with E-state index >= 15 is 4.39 Å². The first-order valence-corrected chi connectivity index (χ1v) is 11.0. The molecule has 0 bridgehead atoms. The molecule has 3 heterocycles. The van der Waals surface area contributed by atoms with Crippen LogP contribution in [0.5, 0.6) is 0 Å². The van der Waals surface area contributed by atoms with Crippen LogP contribution in [0.2, 0.25) is 0 Å². The third kappa shape index (κ3) is 3.40. The number of benzene rings is 1. The molecule has 3 atom stereocenters. The lowest BCUT2D eigenvalue weighted by molar-refractivity contribution is -0.135. The van der Waals surface area contributed by atoms with Crippen LogP contribution in [-0.4, -0.2) is 58.5 Å². The topological polar surface area (TPSA) is 110 Å². The van der Waals surface area contributed by atoms with Crippen LogP contribution in [0.3, 0.4) is 0 Å². The number of carboxylic acid groups (broad SMARTS) is 1. The summed E-state index contributed by atoms with van der Waals surface area (Å²) in [5, 5.41) is 22.1. The highest BCUT2D eigenvalue weighted by Gasteiger charge is 2.58. The molecular formula is C24H23F2N3O5. The van der Waals surface area contributed by atoms with Crippen molar-refractivity contribution in [2.24, 2.45) is 11.3 Å². The van der Waals surface area contributed by atoms with Gasteiger partial charge in [-0.15, -0.1) is 0 Å². The standard InChI is InChI=1S/C24H23F2N3O5/c25-16-1-3-17(4-2-16)29-10-14(23(33)34)7-13-8-18(26)22(27-21(13)29)28-6-5-24(12-28)19(31)9-15(11-30)20(24)32/h1-4,8,10,15,21,27,30H,5-7,9,11-12H2,(H,33,34). The molecule has 4 aliphatic rings. The number of rotatable bonds is 4.